The number of carbonyl (C=O) groups is 1. The fourth-order valence-corrected chi connectivity index (χ4v) is 3.63. The van der Waals surface area contributed by atoms with Crippen LogP contribution in [0.25, 0.3) is 10.9 Å². The van der Waals surface area contributed by atoms with Gasteiger partial charge in [0.25, 0.3) is 5.91 Å². The van der Waals surface area contributed by atoms with Gasteiger partial charge >= 0.3 is 0 Å². The molecule has 0 atom stereocenters. The van der Waals surface area contributed by atoms with Crippen molar-refractivity contribution in [2.24, 2.45) is 5.92 Å². The molecule has 1 amide bonds. The Labute approximate surface area is 141 Å². The van der Waals surface area contributed by atoms with Gasteiger partial charge < -0.3 is 10.2 Å². The Bertz CT molecular complexity index is 690. The maximum Gasteiger partial charge on any atom is 0.253 e. The molecular formula is C18H23ClN2O2. The first-order valence-electron chi connectivity index (χ1n) is 8.41. The molecule has 0 saturated heterocycles. The SMILES string of the molecule is CCOn1cc(C(=O)NCC2CCCCC2)c2c(Cl)cccc21. The Balaban J connectivity index is 1.81. The van der Waals surface area contributed by atoms with E-state index >= 15 is 0 Å². The van der Waals surface area contributed by atoms with Gasteiger partial charge in [-0.1, -0.05) is 36.9 Å². The molecule has 124 valence electrons. The lowest BCUT2D eigenvalue weighted by Crippen LogP contribution is -2.30. The van der Waals surface area contributed by atoms with Crippen LogP contribution < -0.4 is 10.2 Å². The largest absolute Gasteiger partial charge is 0.414 e. The van der Waals surface area contributed by atoms with E-state index in [4.69, 9.17) is 16.4 Å². The average molecular weight is 335 g/mol. The third kappa shape index (κ3) is 3.47. The number of hydrogen-bond donors (Lipinski definition) is 1. The lowest BCUT2D eigenvalue weighted by Gasteiger charge is -2.21. The van der Waals surface area contributed by atoms with Crippen molar-refractivity contribution in [2.45, 2.75) is 39.0 Å². The minimum Gasteiger partial charge on any atom is -0.414 e. The molecule has 1 N–H and O–H groups in total. The fourth-order valence-electron chi connectivity index (χ4n) is 3.36. The van der Waals surface area contributed by atoms with Crippen LogP contribution in [0, 0.1) is 5.92 Å². The van der Waals surface area contributed by atoms with Gasteiger partial charge in [-0.15, -0.1) is 0 Å². The van der Waals surface area contributed by atoms with Gasteiger partial charge in [0.05, 0.1) is 22.3 Å². The molecule has 23 heavy (non-hydrogen) atoms. The van der Waals surface area contributed by atoms with E-state index in [0.717, 1.165) is 17.4 Å². The molecule has 0 spiro atoms. The summed E-state index contributed by atoms with van der Waals surface area (Å²) in [5.41, 5.74) is 1.40. The van der Waals surface area contributed by atoms with Gasteiger partial charge in [-0.3, -0.25) is 4.79 Å². The number of nitrogens with zero attached hydrogens (tertiary/aromatic N) is 1. The van der Waals surface area contributed by atoms with Crippen LogP contribution in [0.15, 0.2) is 24.4 Å². The summed E-state index contributed by atoms with van der Waals surface area (Å²) in [6.45, 7) is 3.18. The Morgan fingerprint density at radius 1 is 1.35 bits per heavy atom. The molecular weight excluding hydrogens is 312 g/mol. The van der Waals surface area contributed by atoms with E-state index in [1.54, 1.807) is 17.0 Å². The van der Waals surface area contributed by atoms with Crippen LogP contribution in [0.3, 0.4) is 0 Å². The van der Waals surface area contributed by atoms with E-state index in [1.807, 2.05) is 19.1 Å². The molecule has 0 radical (unpaired) electrons. The maximum atomic E-state index is 12.6. The molecule has 3 rings (SSSR count). The summed E-state index contributed by atoms with van der Waals surface area (Å²) in [5.74, 6) is 0.524. The van der Waals surface area contributed by atoms with E-state index < -0.39 is 0 Å². The van der Waals surface area contributed by atoms with Gasteiger partial charge in [0, 0.05) is 11.9 Å². The Kier molecular flexibility index (Phi) is 5.11. The van der Waals surface area contributed by atoms with Crippen molar-refractivity contribution in [1.29, 1.82) is 0 Å². The van der Waals surface area contributed by atoms with Crippen LogP contribution in [-0.4, -0.2) is 23.8 Å². The Morgan fingerprint density at radius 3 is 2.87 bits per heavy atom. The highest BCUT2D eigenvalue weighted by Gasteiger charge is 2.20. The molecule has 1 fully saturated rings. The third-order valence-electron chi connectivity index (χ3n) is 4.53. The van der Waals surface area contributed by atoms with E-state index in [-0.39, 0.29) is 5.91 Å². The zero-order valence-corrected chi connectivity index (χ0v) is 14.2. The first-order valence-corrected chi connectivity index (χ1v) is 8.79. The van der Waals surface area contributed by atoms with Crippen molar-refractivity contribution >= 4 is 28.4 Å². The maximum absolute atomic E-state index is 12.6. The summed E-state index contributed by atoms with van der Waals surface area (Å²) < 4.78 is 1.64. The van der Waals surface area contributed by atoms with Gasteiger partial charge in [-0.2, -0.15) is 4.73 Å². The Hall–Kier alpha value is -1.68. The Morgan fingerprint density at radius 2 is 2.13 bits per heavy atom. The number of rotatable bonds is 5. The average Bonchev–Trinajstić information content (AvgIpc) is 2.94. The number of fused-ring (bicyclic) bond motifs is 1. The molecule has 1 aromatic carbocycles. The highest BCUT2D eigenvalue weighted by atomic mass is 35.5. The summed E-state index contributed by atoms with van der Waals surface area (Å²) in [6.07, 6.45) is 8.02. The molecule has 2 aromatic rings. The van der Waals surface area contributed by atoms with Gasteiger partial charge in [0.2, 0.25) is 0 Å². The zero-order chi connectivity index (χ0) is 16.2. The second-order valence-corrected chi connectivity index (χ2v) is 6.54. The lowest BCUT2D eigenvalue weighted by atomic mass is 9.89. The number of halogens is 1. The van der Waals surface area contributed by atoms with Crippen molar-refractivity contribution in [1.82, 2.24) is 10.0 Å². The molecule has 1 aliphatic carbocycles. The van der Waals surface area contributed by atoms with Crippen molar-refractivity contribution in [3.8, 4) is 0 Å². The summed E-state index contributed by atoms with van der Waals surface area (Å²) >= 11 is 6.32. The van der Waals surface area contributed by atoms with Crippen LogP contribution in [0.2, 0.25) is 5.02 Å². The lowest BCUT2D eigenvalue weighted by molar-refractivity contribution is 0.0939. The smallest absolute Gasteiger partial charge is 0.253 e. The molecule has 0 aliphatic heterocycles. The summed E-state index contributed by atoms with van der Waals surface area (Å²) in [5, 5.41) is 4.40. The van der Waals surface area contributed by atoms with Crippen molar-refractivity contribution in [3.05, 3.63) is 35.0 Å². The summed E-state index contributed by atoms with van der Waals surface area (Å²) in [7, 11) is 0. The van der Waals surface area contributed by atoms with Crippen LogP contribution >= 0.6 is 11.6 Å². The van der Waals surface area contributed by atoms with E-state index in [9.17, 15) is 4.79 Å². The quantitative estimate of drug-likeness (QED) is 0.896. The summed E-state index contributed by atoms with van der Waals surface area (Å²) in [6, 6.07) is 5.58. The van der Waals surface area contributed by atoms with Crippen molar-refractivity contribution in [2.75, 3.05) is 13.2 Å². The van der Waals surface area contributed by atoms with Gasteiger partial charge in [0.1, 0.15) is 6.61 Å². The molecule has 0 bridgehead atoms. The van der Waals surface area contributed by atoms with Crippen LogP contribution in [0.5, 0.6) is 0 Å². The molecule has 0 unspecified atom stereocenters. The molecule has 4 nitrogen and oxygen atoms in total. The number of benzene rings is 1. The predicted octanol–water partition coefficient (Wildman–Crippen LogP) is 4.05. The molecule has 1 aliphatic rings. The highest BCUT2D eigenvalue weighted by Crippen LogP contribution is 2.28. The van der Waals surface area contributed by atoms with E-state index in [0.29, 0.717) is 23.1 Å². The molecule has 1 aromatic heterocycles. The van der Waals surface area contributed by atoms with Gasteiger partial charge in [0.15, 0.2) is 0 Å². The zero-order valence-electron chi connectivity index (χ0n) is 13.5. The topological polar surface area (TPSA) is 43.3 Å². The van der Waals surface area contributed by atoms with Crippen LogP contribution in [-0.2, 0) is 0 Å². The van der Waals surface area contributed by atoms with Crippen molar-refractivity contribution in [3.63, 3.8) is 0 Å². The molecule has 1 heterocycles. The first-order chi connectivity index (χ1) is 11.2. The first kappa shape index (κ1) is 16.2. The van der Waals surface area contributed by atoms with E-state index in [1.165, 1.54) is 32.1 Å². The molecule has 1 saturated carbocycles. The standard InChI is InChI=1S/C18H23ClN2O2/c1-2-23-21-12-14(17-15(19)9-6-10-16(17)21)18(22)20-11-13-7-4-3-5-8-13/h6,9-10,12-13H,2-5,7-8,11H2,1H3,(H,20,22). The fraction of sp³-hybridized carbons (Fsp3) is 0.500. The highest BCUT2D eigenvalue weighted by molar-refractivity contribution is 6.36. The number of nitrogens with one attached hydrogen (secondary N) is 1. The minimum absolute atomic E-state index is 0.0767. The number of aromatic nitrogens is 1. The molecule has 5 heteroatoms. The minimum atomic E-state index is -0.0767. The van der Waals surface area contributed by atoms with Crippen molar-refractivity contribution < 1.29 is 9.63 Å². The monoisotopic (exact) mass is 334 g/mol. The second kappa shape index (κ2) is 7.26. The van der Waals surface area contributed by atoms with Crippen LogP contribution in [0.4, 0.5) is 0 Å². The third-order valence-corrected chi connectivity index (χ3v) is 4.85. The number of carbonyl (C=O) groups excluding carboxylic acids is 1. The van der Waals surface area contributed by atoms with E-state index in [2.05, 4.69) is 5.32 Å². The normalized spacial score (nSPS) is 15.7. The van der Waals surface area contributed by atoms with Crippen LogP contribution in [0.1, 0.15) is 49.4 Å². The second-order valence-electron chi connectivity index (χ2n) is 6.13. The summed E-state index contributed by atoms with van der Waals surface area (Å²) in [4.78, 5) is 18.2. The van der Waals surface area contributed by atoms with Gasteiger partial charge in [-0.25, -0.2) is 0 Å². The number of amides is 1. The van der Waals surface area contributed by atoms with Gasteiger partial charge in [-0.05, 0) is 37.8 Å². The number of hydrogen-bond acceptors (Lipinski definition) is 2. The predicted molar refractivity (Wildman–Crippen MR) is 93.0 cm³/mol.